The zero-order valence-electron chi connectivity index (χ0n) is 20.3. The number of hydrogen-bond acceptors (Lipinski definition) is 4. The number of amides is 2. The average molecular weight is 465 g/mol. The van der Waals surface area contributed by atoms with Crippen LogP contribution in [0.15, 0.2) is 0 Å². The molecular weight excluding hydrogens is 420 g/mol. The molecular formula is C25H44N4O4. The van der Waals surface area contributed by atoms with Gasteiger partial charge in [-0.1, -0.05) is 38.5 Å². The number of likely N-dealkylation sites (tertiary alicyclic amines) is 2. The van der Waals surface area contributed by atoms with Crippen molar-refractivity contribution in [3.05, 3.63) is 10.4 Å². The van der Waals surface area contributed by atoms with Crippen LogP contribution in [-0.4, -0.2) is 71.5 Å². The molecule has 0 aromatic rings. The van der Waals surface area contributed by atoms with Crippen molar-refractivity contribution in [1.82, 2.24) is 10.6 Å². The first-order valence-corrected chi connectivity index (χ1v) is 13.7. The Bertz CT molecular complexity index is 623. The summed E-state index contributed by atoms with van der Waals surface area (Å²) in [5, 5.41) is 33.4. The topological polar surface area (TPSA) is 104 Å². The summed E-state index contributed by atoms with van der Waals surface area (Å²) >= 11 is 0. The van der Waals surface area contributed by atoms with Crippen molar-refractivity contribution in [2.45, 2.75) is 120 Å². The van der Waals surface area contributed by atoms with Gasteiger partial charge in [0.25, 0.3) is 11.8 Å². The Labute approximate surface area is 198 Å². The number of carbonyl (C=O) groups is 2. The van der Waals surface area contributed by atoms with Gasteiger partial charge in [-0.15, -0.1) is 0 Å². The lowest BCUT2D eigenvalue weighted by atomic mass is 9.95. The minimum Gasteiger partial charge on any atom is -0.632 e. The summed E-state index contributed by atoms with van der Waals surface area (Å²) in [7, 11) is 0. The van der Waals surface area contributed by atoms with Crippen molar-refractivity contribution >= 4 is 11.8 Å². The number of hydroxylamine groups is 6. The molecule has 2 N–H and O–H groups in total. The molecule has 0 radical (unpaired) electrons. The molecule has 2 aliphatic carbocycles. The van der Waals surface area contributed by atoms with E-state index in [-0.39, 0.29) is 23.9 Å². The maximum absolute atomic E-state index is 13.6. The summed E-state index contributed by atoms with van der Waals surface area (Å²) in [6, 6.07) is -0.667. The van der Waals surface area contributed by atoms with Crippen molar-refractivity contribution in [3.8, 4) is 0 Å². The lowest BCUT2D eigenvalue weighted by Crippen LogP contribution is -2.58. The summed E-state index contributed by atoms with van der Waals surface area (Å²) in [6.45, 7) is 1.49. The molecule has 4 fully saturated rings. The minimum atomic E-state index is -0.545. The van der Waals surface area contributed by atoms with Gasteiger partial charge in [0.15, 0.2) is 12.1 Å². The Morgan fingerprint density at radius 1 is 0.606 bits per heavy atom. The Hall–Kier alpha value is -1.22. The predicted molar refractivity (Wildman–Crippen MR) is 127 cm³/mol. The van der Waals surface area contributed by atoms with E-state index < -0.39 is 21.4 Å². The molecule has 188 valence electrons. The van der Waals surface area contributed by atoms with Crippen molar-refractivity contribution in [2.24, 2.45) is 0 Å². The maximum Gasteiger partial charge on any atom is 0.278 e. The molecule has 4 rings (SSSR count). The number of carbonyl (C=O) groups excluding carboxylic acids is 2. The lowest BCUT2D eigenvalue weighted by Gasteiger charge is -2.47. The summed E-state index contributed by atoms with van der Waals surface area (Å²) in [5.74, 6) is -0.183. The van der Waals surface area contributed by atoms with E-state index in [9.17, 15) is 20.0 Å². The average Bonchev–Trinajstić information content (AvgIpc) is 3.38. The van der Waals surface area contributed by atoms with Crippen molar-refractivity contribution in [2.75, 3.05) is 26.2 Å². The summed E-state index contributed by atoms with van der Waals surface area (Å²) < 4.78 is -1.00. The quantitative estimate of drug-likeness (QED) is 0.425. The molecule has 2 saturated heterocycles. The van der Waals surface area contributed by atoms with E-state index in [1.54, 1.807) is 0 Å². The van der Waals surface area contributed by atoms with Gasteiger partial charge in [-0.2, -0.15) is 0 Å². The Morgan fingerprint density at radius 2 is 1.00 bits per heavy atom. The van der Waals surface area contributed by atoms with Crippen LogP contribution in [-0.2, 0) is 9.59 Å². The van der Waals surface area contributed by atoms with Crippen LogP contribution >= 0.6 is 0 Å². The van der Waals surface area contributed by atoms with Crippen LogP contribution in [0.25, 0.3) is 0 Å². The molecule has 2 heterocycles. The molecule has 8 heteroatoms. The molecule has 0 aromatic carbocycles. The number of quaternary nitrogens is 2. The highest BCUT2D eigenvalue weighted by Crippen LogP contribution is 2.31. The molecule has 8 nitrogen and oxygen atoms in total. The molecule has 2 amide bonds. The van der Waals surface area contributed by atoms with E-state index >= 15 is 0 Å². The largest absolute Gasteiger partial charge is 0.632 e. The molecule has 4 aliphatic rings. The van der Waals surface area contributed by atoms with Crippen LogP contribution in [0.1, 0.15) is 96.3 Å². The zero-order valence-corrected chi connectivity index (χ0v) is 20.3. The Balaban J connectivity index is 1.28. The monoisotopic (exact) mass is 464 g/mol. The zero-order chi connectivity index (χ0) is 23.3. The van der Waals surface area contributed by atoms with Gasteiger partial charge in [0.2, 0.25) is 0 Å². The van der Waals surface area contributed by atoms with Crippen LogP contribution in [0.5, 0.6) is 0 Å². The van der Waals surface area contributed by atoms with E-state index in [0.29, 0.717) is 45.4 Å². The van der Waals surface area contributed by atoms with Gasteiger partial charge < -0.3 is 30.3 Å². The van der Waals surface area contributed by atoms with Crippen LogP contribution in [0.3, 0.4) is 0 Å². The first kappa shape index (κ1) is 24.9. The van der Waals surface area contributed by atoms with Gasteiger partial charge >= 0.3 is 0 Å². The molecule has 0 aromatic heterocycles. The van der Waals surface area contributed by atoms with Crippen molar-refractivity contribution in [3.63, 3.8) is 0 Å². The summed E-state index contributed by atoms with van der Waals surface area (Å²) in [5.41, 5.74) is 0. The maximum atomic E-state index is 13.6. The SMILES string of the molecule is O=C(NC1CCCCC1)[C@@H]1CCC[N+]1([O-])CCC[N+]1([O-])CCC[C@H]1C(=O)NC1CCCCC1. The molecule has 0 spiro atoms. The fourth-order valence-electron chi connectivity index (χ4n) is 6.81. The second kappa shape index (κ2) is 11.0. The minimum absolute atomic E-state index is 0.0914. The summed E-state index contributed by atoms with van der Waals surface area (Å²) in [6.07, 6.45) is 14.3. The molecule has 2 unspecified atom stereocenters. The standard InChI is InChI=1S/C25H44N4O4/c30-24(26-20-10-3-1-4-11-20)22-14-7-16-28(22,32)18-9-19-29(33)17-8-15-23(29)25(31)27-21-12-5-2-6-13-21/h20-23H,1-19H2,(H,26,30)(H,27,31)/t22-,23-,28?,29?/m0/s1. The summed E-state index contributed by atoms with van der Waals surface area (Å²) in [4.78, 5) is 25.8. The van der Waals surface area contributed by atoms with E-state index in [1.165, 1.54) is 12.8 Å². The van der Waals surface area contributed by atoms with E-state index in [0.717, 1.165) is 64.2 Å². The smallest absolute Gasteiger partial charge is 0.278 e. The second-order valence-corrected chi connectivity index (χ2v) is 11.2. The van der Waals surface area contributed by atoms with Crippen molar-refractivity contribution in [1.29, 1.82) is 0 Å². The highest BCUT2D eigenvalue weighted by atomic mass is 16.6. The van der Waals surface area contributed by atoms with Gasteiger partial charge in [-0.3, -0.25) is 9.59 Å². The first-order valence-electron chi connectivity index (χ1n) is 13.7. The van der Waals surface area contributed by atoms with Crippen LogP contribution in [0.4, 0.5) is 0 Å². The highest BCUT2D eigenvalue weighted by Gasteiger charge is 2.43. The van der Waals surface area contributed by atoms with Gasteiger partial charge in [0.1, 0.15) is 0 Å². The third-order valence-corrected chi connectivity index (χ3v) is 8.75. The Morgan fingerprint density at radius 3 is 1.39 bits per heavy atom. The lowest BCUT2D eigenvalue weighted by molar-refractivity contribution is -0.902. The fourth-order valence-corrected chi connectivity index (χ4v) is 6.81. The molecule has 4 atom stereocenters. The van der Waals surface area contributed by atoms with Crippen molar-refractivity contribution < 1.29 is 18.9 Å². The molecule has 2 aliphatic heterocycles. The second-order valence-electron chi connectivity index (χ2n) is 11.2. The van der Waals surface area contributed by atoms with Crippen LogP contribution in [0.2, 0.25) is 0 Å². The third kappa shape index (κ3) is 6.08. The first-order chi connectivity index (χ1) is 15.9. The Kier molecular flexibility index (Phi) is 8.31. The molecule has 33 heavy (non-hydrogen) atoms. The van der Waals surface area contributed by atoms with E-state index in [2.05, 4.69) is 10.6 Å². The molecule has 2 saturated carbocycles. The number of nitrogens with one attached hydrogen (secondary N) is 2. The highest BCUT2D eigenvalue weighted by molar-refractivity contribution is 5.81. The number of hydrogen-bond donors (Lipinski definition) is 2. The van der Waals surface area contributed by atoms with E-state index in [1.807, 2.05) is 0 Å². The fraction of sp³-hybridized carbons (Fsp3) is 0.920. The van der Waals surface area contributed by atoms with Gasteiger partial charge in [0.05, 0.1) is 26.2 Å². The van der Waals surface area contributed by atoms with E-state index in [4.69, 9.17) is 0 Å². The van der Waals surface area contributed by atoms with Crippen LogP contribution in [0, 0.1) is 10.4 Å². The van der Waals surface area contributed by atoms with Gasteiger partial charge in [0, 0.05) is 44.2 Å². The molecule has 0 bridgehead atoms. The van der Waals surface area contributed by atoms with Gasteiger partial charge in [-0.25, -0.2) is 0 Å². The van der Waals surface area contributed by atoms with Gasteiger partial charge in [-0.05, 0) is 25.7 Å². The third-order valence-electron chi connectivity index (χ3n) is 8.75. The normalized spacial score (nSPS) is 36.1. The van der Waals surface area contributed by atoms with Crippen LogP contribution < -0.4 is 10.6 Å². The number of nitrogens with zero attached hydrogens (tertiary/aromatic N) is 2. The number of rotatable bonds is 8. The predicted octanol–water partition coefficient (Wildman–Crippen LogP) is 3.23.